The first-order valence-corrected chi connectivity index (χ1v) is 10.1. The van der Waals surface area contributed by atoms with Crippen LogP contribution < -0.4 is 9.47 Å². The van der Waals surface area contributed by atoms with Gasteiger partial charge in [0.15, 0.2) is 11.5 Å². The molecule has 0 bridgehead atoms. The van der Waals surface area contributed by atoms with Gasteiger partial charge in [-0.2, -0.15) is 0 Å². The van der Waals surface area contributed by atoms with Gasteiger partial charge in [-0.25, -0.2) is 0 Å². The number of thioether (sulfide) groups is 1. The zero-order valence-corrected chi connectivity index (χ0v) is 17.4. The molecular formula is C22H28O5S. The molecule has 1 atom stereocenters. The van der Waals surface area contributed by atoms with Gasteiger partial charge in [0.1, 0.15) is 4.75 Å². The second-order valence-corrected chi connectivity index (χ2v) is 7.94. The van der Waals surface area contributed by atoms with Crippen LogP contribution in [0.15, 0.2) is 47.4 Å². The van der Waals surface area contributed by atoms with Crippen molar-refractivity contribution in [1.82, 2.24) is 0 Å². The van der Waals surface area contributed by atoms with Gasteiger partial charge < -0.3 is 19.7 Å². The summed E-state index contributed by atoms with van der Waals surface area (Å²) in [5.74, 6) is 0.176. The summed E-state index contributed by atoms with van der Waals surface area (Å²) in [6.45, 7) is 2.09. The van der Waals surface area contributed by atoms with Crippen LogP contribution in [0.5, 0.6) is 11.5 Å². The van der Waals surface area contributed by atoms with Crippen LogP contribution in [0.4, 0.5) is 0 Å². The Morgan fingerprint density at radius 3 is 2.36 bits per heavy atom. The molecule has 152 valence electrons. The lowest BCUT2D eigenvalue weighted by Gasteiger charge is -2.31. The summed E-state index contributed by atoms with van der Waals surface area (Å²) >= 11 is 1.36. The van der Waals surface area contributed by atoms with Crippen molar-refractivity contribution in [1.29, 1.82) is 0 Å². The van der Waals surface area contributed by atoms with Crippen molar-refractivity contribution in [3.05, 3.63) is 53.6 Å². The SMILES string of the molecule is COc1ccc(C(CCCCCO)(Sc2ccccc2C)C(=O)O)cc1OC. The van der Waals surface area contributed by atoms with Crippen LogP contribution in [0.2, 0.25) is 0 Å². The van der Waals surface area contributed by atoms with Gasteiger partial charge in [-0.1, -0.05) is 37.1 Å². The molecule has 0 saturated carbocycles. The minimum atomic E-state index is -1.17. The zero-order chi connectivity index (χ0) is 20.6. The van der Waals surface area contributed by atoms with E-state index in [9.17, 15) is 9.90 Å². The highest BCUT2D eigenvalue weighted by Crippen LogP contribution is 2.48. The maximum absolute atomic E-state index is 12.6. The molecule has 0 aliphatic rings. The van der Waals surface area contributed by atoms with E-state index >= 15 is 0 Å². The first kappa shape index (κ1) is 22.1. The van der Waals surface area contributed by atoms with Crippen LogP contribution in [0.25, 0.3) is 0 Å². The molecular weight excluding hydrogens is 376 g/mol. The van der Waals surface area contributed by atoms with Crippen molar-refractivity contribution in [3.8, 4) is 11.5 Å². The highest BCUT2D eigenvalue weighted by molar-refractivity contribution is 8.01. The van der Waals surface area contributed by atoms with Gasteiger partial charge in [0.25, 0.3) is 0 Å². The monoisotopic (exact) mass is 404 g/mol. The van der Waals surface area contributed by atoms with E-state index in [0.29, 0.717) is 36.3 Å². The Bertz CT molecular complexity index is 792. The number of aliphatic hydroxyl groups is 1. The summed E-state index contributed by atoms with van der Waals surface area (Å²) in [6, 6.07) is 13.1. The third-order valence-electron chi connectivity index (χ3n) is 4.76. The number of aliphatic hydroxyl groups excluding tert-OH is 1. The number of hydrogen-bond acceptors (Lipinski definition) is 5. The lowest BCUT2D eigenvalue weighted by Crippen LogP contribution is -2.32. The number of methoxy groups -OCH3 is 2. The average Bonchev–Trinajstić information content (AvgIpc) is 2.71. The molecule has 0 heterocycles. The van der Waals surface area contributed by atoms with E-state index in [2.05, 4.69) is 0 Å². The van der Waals surface area contributed by atoms with Crippen molar-refractivity contribution in [3.63, 3.8) is 0 Å². The number of carboxylic acids is 1. The third-order valence-corrected chi connectivity index (χ3v) is 6.40. The molecule has 0 aromatic heterocycles. The fourth-order valence-corrected chi connectivity index (χ4v) is 4.47. The molecule has 0 aliphatic heterocycles. The number of hydrogen-bond donors (Lipinski definition) is 2. The van der Waals surface area contributed by atoms with Crippen molar-refractivity contribution < 1.29 is 24.5 Å². The molecule has 0 amide bonds. The number of carbonyl (C=O) groups is 1. The van der Waals surface area contributed by atoms with Crippen LogP contribution in [0, 0.1) is 6.92 Å². The van der Waals surface area contributed by atoms with Crippen LogP contribution in [-0.4, -0.2) is 37.0 Å². The van der Waals surface area contributed by atoms with Gasteiger partial charge in [-0.05, 0) is 49.1 Å². The van der Waals surface area contributed by atoms with E-state index < -0.39 is 10.7 Å². The van der Waals surface area contributed by atoms with E-state index in [-0.39, 0.29) is 6.61 Å². The van der Waals surface area contributed by atoms with E-state index in [1.54, 1.807) is 32.4 Å². The summed E-state index contributed by atoms with van der Waals surface area (Å²) in [6.07, 6.45) is 2.57. The molecule has 2 rings (SSSR count). The molecule has 0 fully saturated rings. The van der Waals surface area contributed by atoms with Crippen LogP contribution in [-0.2, 0) is 9.54 Å². The second kappa shape index (κ2) is 10.4. The smallest absolute Gasteiger partial charge is 0.324 e. The van der Waals surface area contributed by atoms with E-state index in [1.807, 2.05) is 31.2 Å². The van der Waals surface area contributed by atoms with Gasteiger partial charge in [-0.3, -0.25) is 4.79 Å². The Morgan fingerprint density at radius 1 is 1.04 bits per heavy atom. The summed E-state index contributed by atoms with van der Waals surface area (Å²) in [5.41, 5.74) is 1.70. The van der Waals surface area contributed by atoms with E-state index in [4.69, 9.17) is 14.6 Å². The van der Waals surface area contributed by atoms with Crippen molar-refractivity contribution in [2.75, 3.05) is 20.8 Å². The fourth-order valence-electron chi connectivity index (χ4n) is 3.14. The minimum Gasteiger partial charge on any atom is -0.493 e. The predicted molar refractivity (Wildman–Crippen MR) is 111 cm³/mol. The lowest BCUT2D eigenvalue weighted by molar-refractivity contribution is -0.140. The molecule has 6 heteroatoms. The van der Waals surface area contributed by atoms with E-state index in [0.717, 1.165) is 16.9 Å². The number of aryl methyl sites for hydroxylation is 1. The van der Waals surface area contributed by atoms with Crippen LogP contribution in [0.3, 0.4) is 0 Å². The van der Waals surface area contributed by atoms with Crippen LogP contribution in [0.1, 0.15) is 36.8 Å². The highest BCUT2D eigenvalue weighted by Gasteiger charge is 2.42. The summed E-state index contributed by atoms with van der Waals surface area (Å²) in [4.78, 5) is 13.5. The Labute approximate surface area is 170 Å². The topological polar surface area (TPSA) is 76.0 Å². The molecule has 0 radical (unpaired) electrons. The summed E-state index contributed by atoms with van der Waals surface area (Å²) in [7, 11) is 3.10. The van der Waals surface area contributed by atoms with Gasteiger partial charge in [0.2, 0.25) is 0 Å². The highest BCUT2D eigenvalue weighted by atomic mass is 32.2. The Balaban J connectivity index is 2.52. The normalized spacial score (nSPS) is 13.0. The van der Waals surface area contributed by atoms with Crippen molar-refractivity contribution in [2.24, 2.45) is 0 Å². The van der Waals surface area contributed by atoms with E-state index in [1.165, 1.54) is 11.8 Å². The van der Waals surface area contributed by atoms with Gasteiger partial charge in [-0.15, -0.1) is 11.8 Å². The van der Waals surface area contributed by atoms with Crippen molar-refractivity contribution >= 4 is 17.7 Å². The largest absolute Gasteiger partial charge is 0.493 e. The molecule has 2 N–H and O–H groups in total. The number of benzene rings is 2. The summed E-state index contributed by atoms with van der Waals surface area (Å²) < 4.78 is 9.55. The molecule has 2 aromatic carbocycles. The number of carboxylic acid groups (broad SMARTS) is 1. The Kier molecular flexibility index (Phi) is 8.20. The molecule has 2 aromatic rings. The Morgan fingerprint density at radius 2 is 1.75 bits per heavy atom. The average molecular weight is 405 g/mol. The number of unbranched alkanes of at least 4 members (excludes halogenated alkanes) is 2. The van der Waals surface area contributed by atoms with Gasteiger partial charge >= 0.3 is 5.97 Å². The van der Waals surface area contributed by atoms with Gasteiger partial charge in [0, 0.05) is 11.5 Å². The summed E-state index contributed by atoms with van der Waals surface area (Å²) in [5, 5.41) is 19.4. The molecule has 5 nitrogen and oxygen atoms in total. The number of aliphatic carboxylic acids is 1. The molecule has 0 aliphatic carbocycles. The standard InChI is InChI=1S/C22H28O5S/c1-16-9-5-6-10-20(16)28-22(21(24)25,13-7-4-8-14-23)17-11-12-18(26-2)19(15-17)27-3/h5-6,9-12,15,23H,4,7-8,13-14H2,1-3H3,(H,24,25). The molecule has 28 heavy (non-hydrogen) atoms. The minimum absolute atomic E-state index is 0.112. The second-order valence-electron chi connectivity index (χ2n) is 6.60. The number of rotatable bonds is 11. The Hall–Kier alpha value is -2.18. The molecule has 0 spiro atoms. The van der Waals surface area contributed by atoms with Crippen LogP contribution >= 0.6 is 11.8 Å². The third kappa shape index (κ3) is 5.00. The fraction of sp³-hybridized carbons (Fsp3) is 0.409. The maximum Gasteiger partial charge on any atom is 0.324 e. The first-order valence-electron chi connectivity index (χ1n) is 9.30. The molecule has 1 unspecified atom stereocenters. The quantitative estimate of drug-likeness (QED) is 0.420. The maximum atomic E-state index is 12.6. The lowest BCUT2D eigenvalue weighted by atomic mass is 9.91. The van der Waals surface area contributed by atoms with Gasteiger partial charge in [0.05, 0.1) is 14.2 Å². The zero-order valence-electron chi connectivity index (χ0n) is 16.6. The first-order chi connectivity index (χ1) is 13.5. The van der Waals surface area contributed by atoms with Crippen molar-refractivity contribution in [2.45, 2.75) is 42.2 Å². The number of ether oxygens (including phenoxy) is 2. The molecule has 0 saturated heterocycles. The predicted octanol–water partition coefficient (Wildman–Crippen LogP) is 4.64.